The van der Waals surface area contributed by atoms with Crippen molar-refractivity contribution in [3.05, 3.63) is 0 Å². The zero-order chi connectivity index (χ0) is 3.58. The average molecular weight is 125 g/mol. The monoisotopic (exact) mass is 126 g/mol. The van der Waals surface area contributed by atoms with E-state index in [0.29, 0.717) is 0 Å². The first-order valence-electron chi connectivity index (χ1n) is 0.651. The summed E-state index contributed by atoms with van der Waals surface area (Å²) in [4.78, 5) is -0.708. The second-order valence-electron chi connectivity index (χ2n) is 0.283. The molecule has 0 aliphatic rings. The zero-order valence-electron chi connectivity index (χ0n) is 1.80. The molecule has 0 amide bonds. The normalized spacial score (nSPS) is 6.00. The van der Waals surface area contributed by atoms with Crippen molar-refractivity contribution >= 4 is 20.4 Å². The predicted octanol–water partition coefficient (Wildman–Crippen LogP) is -1.01. The van der Waals surface area contributed by atoms with Gasteiger partial charge in [-0.3, -0.25) is 0 Å². The molecule has 0 radical (unpaired) electrons. The Morgan fingerprint density at radius 3 is 1.50 bits per heavy atom. The Morgan fingerprint density at radius 2 is 1.50 bits per heavy atom. The van der Waals surface area contributed by atoms with Crippen LogP contribution in [-0.2, 0) is 0 Å². The summed E-state index contributed by atoms with van der Waals surface area (Å²) in [5, 5.41) is 14.9. The molecule has 0 aliphatic heterocycles. The van der Waals surface area contributed by atoms with Gasteiger partial charge in [0.05, 0.1) is 0 Å². The molecule has 0 saturated carbocycles. The van der Waals surface area contributed by atoms with E-state index in [9.17, 15) is 0 Å². The van der Waals surface area contributed by atoms with Gasteiger partial charge in [0.25, 0.3) is 0 Å². The molecule has 0 heterocycles. The number of hydrogen-bond acceptors (Lipinski definition) is 2. The summed E-state index contributed by atoms with van der Waals surface area (Å²) in [6, 6.07) is 0. The van der Waals surface area contributed by atoms with Crippen LogP contribution in [0.15, 0.2) is 0 Å². The Labute approximate surface area is 31.4 Å². The number of rotatable bonds is 0. The van der Waals surface area contributed by atoms with Gasteiger partial charge in [0.1, 0.15) is 0 Å². The predicted molar refractivity (Wildman–Crippen MR) is 14.6 cm³/mol. The third-order valence-electron chi connectivity index (χ3n) is 0. The van der Waals surface area contributed by atoms with E-state index < -0.39 is 4.79 Å². The van der Waals surface area contributed by atoms with Gasteiger partial charge < -0.3 is 0 Å². The minimum atomic E-state index is -0.708. The Kier molecular flexibility index (Phi) is 1.32. The average Bonchev–Trinajstić information content (AvgIpc) is 0.811. The summed E-state index contributed by atoms with van der Waals surface area (Å²) in [5.41, 5.74) is 0. The maximum absolute atomic E-state index is 7.47. The van der Waals surface area contributed by atoms with Crippen LogP contribution in [0.4, 0.5) is 0 Å². The van der Waals surface area contributed by atoms with Crippen LogP contribution < -0.4 is 0 Å². The van der Waals surface area contributed by atoms with Gasteiger partial charge in [0.2, 0.25) is 0 Å². The molecule has 0 spiro atoms. The SMILES string of the molecule is OC(O)=[Se]. The van der Waals surface area contributed by atoms with Crippen molar-refractivity contribution in [1.29, 1.82) is 0 Å². The third kappa shape index (κ3) is 17600. The Bertz CT molecular complexity index is 29.0. The van der Waals surface area contributed by atoms with Crippen LogP contribution in [0.3, 0.4) is 0 Å². The van der Waals surface area contributed by atoms with Gasteiger partial charge in [-0.1, -0.05) is 0 Å². The van der Waals surface area contributed by atoms with E-state index in [4.69, 9.17) is 10.2 Å². The molecule has 0 aliphatic carbocycles. The maximum atomic E-state index is 7.47. The molecule has 0 bridgehead atoms. The van der Waals surface area contributed by atoms with E-state index in [1.54, 1.807) is 0 Å². The molecule has 0 aromatic heterocycles. The Morgan fingerprint density at radius 1 is 1.50 bits per heavy atom. The molecule has 24 valence electrons. The van der Waals surface area contributed by atoms with Gasteiger partial charge in [-0.25, -0.2) is 0 Å². The summed E-state index contributed by atoms with van der Waals surface area (Å²) in [5.74, 6) is 0. The molecule has 2 N–H and O–H groups in total. The van der Waals surface area contributed by atoms with E-state index in [1.165, 1.54) is 0 Å². The number of hydrogen-bond donors (Lipinski definition) is 2. The van der Waals surface area contributed by atoms with Gasteiger partial charge in [-0.05, 0) is 0 Å². The topological polar surface area (TPSA) is 40.5 Å². The molecular weight excluding hydrogens is 123 g/mol. The van der Waals surface area contributed by atoms with Crippen LogP contribution in [0.5, 0.6) is 0 Å². The molecular formula is CH2O2Se. The van der Waals surface area contributed by atoms with E-state index >= 15 is 0 Å². The van der Waals surface area contributed by atoms with Gasteiger partial charge >= 0.3 is 30.6 Å². The van der Waals surface area contributed by atoms with Crippen LogP contribution in [0, 0.1) is 0 Å². The molecule has 0 aromatic carbocycles. The fraction of sp³-hybridized carbons (Fsp3) is 0. The van der Waals surface area contributed by atoms with E-state index in [-0.39, 0.29) is 0 Å². The minimum absolute atomic E-state index is 0.708. The van der Waals surface area contributed by atoms with Crippen molar-refractivity contribution in [2.45, 2.75) is 0 Å². The zero-order valence-corrected chi connectivity index (χ0v) is 3.52. The molecule has 2 nitrogen and oxygen atoms in total. The van der Waals surface area contributed by atoms with Crippen molar-refractivity contribution in [3.8, 4) is 0 Å². The summed E-state index contributed by atoms with van der Waals surface area (Å²) in [7, 11) is 0. The molecule has 0 rings (SSSR count). The van der Waals surface area contributed by atoms with Crippen LogP contribution in [0.25, 0.3) is 0 Å². The van der Waals surface area contributed by atoms with Crippen molar-refractivity contribution < 1.29 is 10.2 Å². The molecule has 0 saturated heterocycles. The fourth-order valence-electron chi connectivity index (χ4n) is 0. The summed E-state index contributed by atoms with van der Waals surface area (Å²) >= 11 is 1.93. The molecule has 0 unspecified atom stereocenters. The van der Waals surface area contributed by atoms with Gasteiger partial charge in [0.15, 0.2) is 0 Å². The van der Waals surface area contributed by atoms with Gasteiger partial charge in [-0.15, -0.1) is 0 Å². The molecule has 3 heteroatoms. The quantitative estimate of drug-likeness (QED) is 0.407. The van der Waals surface area contributed by atoms with E-state index in [2.05, 4.69) is 0 Å². The first-order chi connectivity index (χ1) is 1.73. The fourth-order valence-corrected chi connectivity index (χ4v) is 0. The van der Waals surface area contributed by atoms with Crippen LogP contribution in [-0.4, -0.2) is 30.6 Å². The third-order valence-corrected chi connectivity index (χ3v) is 0. The molecule has 0 fully saturated rings. The van der Waals surface area contributed by atoms with Gasteiger partial charge in [0, 0.05) is 0 Å². The van der Waals surface area contributed by atoms with E-state index in [0.717, 1.165) is 0 Å². The Hall–Kier alpha value is -0.0105. The molecule has 0 aromatic rings. The second kappa shape index (κ2) is 1.32. The van der Waals surface area contributed by atoms with Crippen molar-refractivity contribution in [1.82, 2.24) is 0 Å². The second-order valence-corrected chi connectivity index (χ2v) is 1.05. The first-order valence-corrected chi connectivity index (χ1v) is 1.51. The van der Waals surface area contributed by atoms with E-state index in [1.807, 2.05) is 15.6 Å². The number of aliphatic hydroxyl groups excluding tert-OH is 1. The first kappa shape index (κ1) is 3.99. The van der Waals surface area contributed by atoms with Crippen LogP contribution >= 0.6 is 0 Å². The van der Waals surface area contributed by atoms with Crippen LogP contribution in [0.1, 0.15) is 0 Å². The standard InChI is InChI=1S/CH2O2Se/c2-1(3)4/h(H2,2,3,4). The number of aliphatic hydroxyl groups is 2. The Balaban J connectivity index is 2.80. The van der Waals surface area contributed by atoms with Gasteiger partial charge in [-0.2, -0.15) is 0 Å². The van der Waals surface area contributed by atoms with Crippen LogP contribution in [0.2, 0.25) is 0 Å². The summed E-state index contributed by atoms with van der Waals surface area (Å²) in [6.07, 6.45) is 0. The van der Waals surface area contributed by atoms with Crippen molar-refractivity contribution in [2.75, 3.05) is 0 Å². The van der Waals surface area contributed by atoms with Crippen molar-refractivity contribution in [2.24, 2.45) is 0 Å². The molecule has 0 atom stereocenters. The summed E-state index contributed by atoms with van der Waals surface area (Å²) in [6.45, 7) is 0. The summed E-state index contributed by atoms with van der Waals surface area (Å²) < 4.78 is 0. The molecule has 4 heavy (non-hydrogen) atoms. The van der Waals surface area contributed by atoms with Crippen molar-refractivity contribution in [3.63, 3.8) is 0 Å².